The van der Waals surface area contributed by atoms with Crippen LogP contribution in [0.2, 0.25) is 0 Å². The quantitative estimate of drug-likeness (QED) is 0.545. The first-order valence-electron chi connectivity index (χ1n) is 10.6. The van der Waals surface area contributed by atoms with Crippen LogP contribution in [0.5, 0.6) is 5.75 Å². The molecule has 2 aromatic rings. The third kappa shape index (κ3) is 3.84. The Morgan fingerprint density at radius 3 is 2.34 bits per heavy atom. The standard InChI is InChI=1S/C24H27F3O2/c1-3-28-20-11-10-17-12-19(22(25)24(27)21(17)23(20)26)16-8-6-15(7-9-16)18-5-4-14(2)29-13-18/h10-16H,3-9H2,1-2H3. The molecule has 1 unspecified atom stereocenters. The Bertz CT molecular complexity index is 930. The molecule has 1 fully saturated rings. The molecule has 2 aliphatic rings. The minimum absolute atomic E-state index is 0.0520. The summed E-state index contributed by atoms with van der Waals surface area (Å²) >= 11 is 0. The van der Waals surface area contributed by atoms with Crippen molar-refractivity contribution in [2.75, 3.05) is 6.61 Å². The van der Waals surface area contributed by atoms with Crippen LogP contribution in [0.3, 0.4) is 0 Å². The largest absolute Gasteiger partial charge is 0.498 e. The second kappa shape index (κ2) is 8.29. The number of benzene rings is 2. The van der Waals surface area contributed by atoms with E-state index in [-0.39, 0.29) is 29.8 Å². The Kier molecular flexibility index (Phi) is 5.75. The number of hydrogen-bond acceptors (Lipinski definition) is 2. The van der Waals surface area contributed by atoms with Crippen molar-refractivity contribution in [1.82, 2.24) is 0 Å². The van der Waals surface area contributed by atoms with Crippen LogP contribution < -0.4 is 4.74 Å². The van der Waals surface area contributed by atoms with Crippen LogP contribution in [0.15, 0.2) is 30.0 Å². The third-order valence-electron chi connectivity index (χ3n) is 6.40. The van der Waals surface area contributed by atoms with Crippen molar-refractivity contribution in [2.45, 2.75) is 64.4 Å². The number of hydrogen-bond donors (Lipinski definition) is 0. The zero-order valence-corrected chi connectivity index (χ0v) is 16.9. The van der Waals surface area contributed by atoms with Gasteiger partial charge in [-0.05, 0) is 92.9 Å². The summed E-state index contributed by atoms with van der Waals surface area (Å²) in [5.74, 6) is -2.53. The van der Waals surface area contributed by atoms with Gasteiger partial charge in [-0.3, -0.25) is 0 Å². The maximum absolute atomic E-state index is 14.9. The molecule has 0 bridgehead atoms. The lowest BCUT2D eigenvalue weighted by Gasteiger charge is -2.32. The SMILES string of the molecule is CCOc1ccc2cc(C3CCC(C4=COC(C)CC4)CC3)c(F)c(F)c2c1F. The van der Waals surface area contributed by atoms with Crippen molar-refractivity contribution in [3.8, 4) is 5.75 Å². The van der Waals surface area contributed by atoms with Crippen molar-refractivity contribution < 1.29 is 22.6 Å². The van der Waals surface area contributed by atoms with Gasteiger partial charge in [0, 0.05) is 0 Å². The molecular weight excluding hydrogens is 377 g/mol. The van der Waals surface area contributed by atoms with E-state index >= 15 is 0 Å². The summed E-state index contributed by atoms with van der Waals surface area (Å²) in [6.45, 7) is 4.05. The smallest absolute Gasteiger partial charge is 0.175 e. The van der Waals surface area contributed by atoms with Crippen LogP contribution in [-0.4, -0.2) is 12.7 Å². The molecule has 1 atom stereocenters. The number of rotatable bonds is 4. The molecule has 0 N–H and O–H groups in total. The summed E-state index contributed by atoms with van der Waals surface area (Å²) in [6, 6.07) is 4.70. The van der Waals surface area contributed by atoms with Crippen LogP contribution in [-0.2, 0) is 4.74 Å². The summed E-state index contributed by atoms with van der Waals surface area (Å²) in [5, 5.41) is 0.0452. The lowest BCUT2D eigenvalue weighted by atomic mass is 9.74. The summed E-state index contributed by atoms with van der Waals surface area (Å²) < 4.78 is 55.1. The molecule has 4 rings (SSSR count). The van der Waals surface area contributed by atoms with Gasteiger partial charge < -0.3 is 9.47 Å². The fraction of sp³-hybridized carbons (Fsp3) is 0.500. The van der Waals surface area contributed by atoms with E-state index in [1.165, 1.54) is 11.6 Å². The number of ether oxygens (including phenoxy) is 2. The van der Waals surface area contributed by atoms with Gasteiger partial charge in [0.25, 0.3) is 0 Å². The highest BCUT2D eigenvalue weighted by atomic mass is 19.2. The van der Waals surface area contributed by atoms with E-state index < -0.39 is 17.5 Å². The first-order chi connectivity index (χ1) is 14.0. The highest BCUT2D eigenvalue weighted by Crippen LogP contribution is 2.43. The van der Waals surface area contributed by atoms with E-state index in [1.54, 1.807) is 19.1 Å². The minimum atomic E-state index is -1.11. The van der Waals surface area contributed by atoms with Crippen LogP contribution in [0, 0.1) is 23.4 Å². The first kappa shape index (κ1) is 20.1. The molecular formula is C24H27F3O2. The van der Waals surface area contributed by atoms with Gasteiger partial charge in [-0.1, -0.05) is 6.07 Å². The summed E-state index contributed by atoms with van der Waals surface area (Å²) in [4.78, 5) is 0. The Morgan fingerprint density at radius 2 is 1.69 bits per heavy atom. The van der Waals surface area contributed by atoms with Crippen LogP contribution in [0.4, 0.5) is 13.2 Å². The monoisotopic (exact) mass is 404 g/mol. The fourth-order valence-electron chi connectivity index (χ4n) is 4.72. The van der Waals surface area contributed by atoms with Gasteiger partial charge >= 0.3 is 0 Å². The van der Waals surface area contributed by atoms with Gasteiger partial charge in [-0.25, -0.2) is 13.2 Å². The number of allylic oxidation sites excluding steroid dienone is 1. The molecule has 29 heavy (non-hydrogen) atoms. The average molecular weight is 404 g/mol. The number of fused-ring (bicyclic) bond motifs is 1. The second-order valence-electron chi connectivity index (χ2n) is 8.23. The first-order valence-corrected chi connectivity index (χ1v) is 10.6. The Hall–Kier alpha value is -2.17. The summed E-state index contributed by atoms with van der Waals surface area (Å²) in [6.07, 6.45) is 7.72. The molecule has 2 nitrogen and oxygen atoms in total. The van der Waals surface area contributed by atoms with Crippen molar-refractivity contribution >= 4 is 10.8 Å². The molecule has 0 spiro atoms. The Labute approximate surface area is 169 Å². The van der Waals surface area contributed by atoms with Gasteiger partial charge in [0.2, 0.25) is 0 Å². The van der Waals surface area contributed by atoms with Gasteiger partial charge in [-0.2, -0.15) is 0 Å². The zero-order valence-electron chi connectivity index (χ0n) is 16.9. The van der Waals surface area contributed by atoms with Crippen molar-refractivity contribution in [3.63, 3.8) is 0 Å². The highest BCUT2D eigenvalue weighted by Gasteiger charge is 2.30. The van der Waals surface area contributed by atoms with Gasteiger partial charge in [0.15, 0.2) is 23.2 Å². The Morgan fingerprint density at radius 1 is 0.966 bits per heavy atom. The number of halogens is 3. The van der Waals surface area contributed by atoms with E-state index in [1.807, 2.05) is 6.26 Å². The summed E-state index contributed by atoms with van der Waals surface area (Å²) in [5.41, 5.74) is 1.71. The molecule has 0 radical (unpaired) electrons. The fourth-order valence-corrected chi connectivity index (χ4v) is 4.72. The molecule has 0 aromatic heterocycles. The van der Waals surface area contributed by atoms with E-state index in [0.29, 0.717) is 16.9 Å². The Balaban J connectivity index is 1.57. The maximum Gasteiger partial charge on any atom is 0.175 e. The molecule has 5 heteroatoms. The molecule has 1 saturated carbocycles. The van der Waals surface area contributed by atoms with Gasteiger partial charge in [0.1, 0.15) is 0 Å². The minimum Gasteiger partial charge on any atom is -0.498 e. The molecule has 0 amide bonds. The lowest BCUT2D eigenvalue weighted by molar-refractivity contribution is 0.129. The second-order valence-corrected chi connectivity index (χ2v) is 8.23. The molecule has 0 saturated heterocycles. The normalized spacial score (nSPS) is 24.9. The van der Waals surface area contributed by atoms with Crippen molar-refractivity contribution in [1.29, 1.82) is 0 Å². The molecule has 1 heterocycles. The van der Waals surface area contributed by atoms with E-state index in [9.17, 15) is 13.2 Å². The van der Waals surface area contributed by atoms with E-state index in [0.717, 1.165) is 38.5 Å². The topological polar surface area (TPSA) is 18.5 Å². The lowest BCUT2D eigenvalue weighted by Crippen LogP contribution is -2.20. The maximum atomic E-state index is 14.9. The average Bonchev–Trinajstić information content (AvgIpc) is 2.73. The van der Waals surface area contributed by atoms with Gasteiger partial charge in [-0.15, -0.1) is 0 Å². The molecule has 156 valence electrons. The summed E-state index contributed by atoms with van der Waals surface area (Å²) in [7, 11) is 0. The predicted molar refractivity (Wildman–Crippen MR) is 108 cm³/mol. The van der Waals surface area contributed by atoms with Crippen LogP contribution in [0.25, 0.3) is 10.8 Å². The van der Waals surface area contributed by atoms with Crippen LogP contribution >= 0.6 is 0 Å². The molecule has 2 aromatic carbocycles. The van der Waals surface area contributed by atoms with Crippen LogP contribution in [0.1, 0.15) is 63.9 Å². The molecule has 1 aliphatic heterocycles. The van der Waals surface area contributed by atoms with E-state index in [4.69, 9.17) is 9.47 Å². The van der Waals surface area contributed by atoms with Crippen molar-refractivity contribution in [3.05, 3.63) is 53.0 Å². The van der Waals surface area contributed by atoms with E-state index in [2.05, 4.69) is 6.92 Å². The molecule has 1 aliphatic carbocycles. The zero-order chi connectivity index (χ0) is 20.5. The third-order valence-corrected chi connectivity index (χ3v) is 6.40. The van der Waals surface area contributed by atoms with Crippen molar-refractivity contribution in [2.24, 2.45) is 5.92 Å². The van der Waals surface area contributed by atoms with Gasteiger partial charge in [0.05, 0.1) is 24.4 Å². The predicted octanol–water partition coefficient (Wildman–Crippen LogP) is 7.01. The highest BCUT2D eigenvalue weighted by molar-refractivity contribution is 5.86.